The molecule has 1 rings (SSSR count). The van der Waals surface area contributed by atoms with Gasteiger partial charge in [-0.25, -0.2) is 5.41 Å². The molecule has 0 saturated heterocycles. The summed E-state index contributed by atoms with van der Waals surface area (Å²) < 4.78 is 25.9. The van der Waals surface area contributed by atoms with Gasteiger partial charge in [0, 0.05) is 11.3 Å². The van der Waals surface area contributed by atoms with Crippen LogP contribution in [-0.2, 0) is 10.0 Å². The quantitative estimate of drug-likeness (QED) is 0.463. The highest BCUT2D eigenvalue weighted by Gasteiger charge is 2.19. The topological polar surface area (TPSA) is 113 Å². The fraction of sp³-hybridized carbons (Fsp3) is 0.111. The van der Waals surface area contributed by atoms with Gasteiger partial charge in [0.1, 0.15) is 10.9 Å². The summed E-state index contributed by atoms with van der Waals surface area (Å²) in [4.78, 5) is 11.0. The lowest BCUT2D eigenvalue weighted by Gasteiger charge is -2.04. The summed E-state index contributed by atoms with van der Waals surface area (Å²) in [6, 6.07) is 5.22. The van der Waals surface area contributed by atoms with Gasteiger partial charge in [0.2, 0.25) is 0 Å². The zero-order valence-electron chi connectivity index (χ0n) is 8.39. The molecular weight excluding hydrogens is 230 g/mol. The Morgan fingerprint density at radius 3 is 2.62 bits per heavy atom. The summed E-state index contributed by atoms with van der Waals surface area (Å²) in [5, 5.41) is 6.52. The van der Waals surface area contributed by atoms with Crippen LogP contribution >= 0.6 is 0 Å². The van der Waals surface area contributed by atoms with Crippen LogP contribution in [0.15, 0.2) is 27.5 Å². The Morgan fingerprint density at radius 2 is 2.12 bits per heavy atom. The Kier molecular flexibility index (Phi) is 3.22. The van der Waals surface area contributed by atoms with E-state index in [0.717, 1.165) is 0 Å². The lowest BCUT2D eigenvalue weighted by Crippen LogP contribution is -2.06. The van der Waals surface area contributed by atoms with Crippen LogP contribution in [0.1, 0.15) is 17.3 Å². The summed E-state index contributed by atoms with van der Waals surface area (Å²) in [6.45, 7) is 1.22. The molecule has 0 aliphatic carbocycles. The van der Waals surface area contributed by atoms with Crippen molar-refractivity contribution in [2.24, 2.45) is 4.40 Å². The van der Waals surface area contributed by atoms with Crippen molar-refractivity contribution < 1.29 is 13.2 Å². The van der Waals surface area contributed by atoms with Crippen molar-refractivity contribution in [2.45, 2.75) is 11.8 Å². The molecule has 0 amide bonds. The molecule has 0 radical (unpaired) electrons. The first kappa shape index (κ1) is 12.1. The minimum Gasteiger partial charge on any atom is -0.399 e. The zero-order chi connectivity index (χ0) is 12.3. The van der Waals surface area contributed by atoms with E-state index in [1.165, 1.54) is 31.1 Å². The van der Waals surface area contributed by atoms with E-state index >= 15 is 0 Å². The van der Waals surface area contributed by atoms with Crippen molar-refractivity contribution in [3.05, 3.63) is 23.8 Å². The second kappa shape index (κ2) is 4.26. The molecule has 0 aromatic heterocycles. The van der Waals surface area contributed by atoms with Gasteiger partial charge in [0.05, 0.1) is 0 Å². The summed E-state index contributed by atoms with van der Waals surface area (Å²) in [5.41, 5.74) is 5.69. The highest BCUT2D eigenvalue weighted by molar-refractivity contribution is 7.90. The van der Waals surface area contributed by atoms with E-state index in [9.17, 15) is 13.2 Å². The van der Waals surface area contributed by atoms with Gasteiger partial charge in [0.25, 0.3) is 10.0 Å². The van der Waals surface area contributed by atoms with E-state index in [4.69, 9.17) is 11.1 Å². The number of ketones is 1. The van der Waals surface area contributed by atoms with Crippen molar-refractivity contribution in [3.8, 4) is 0 Å². The third-order valence-electron chi connectivity index (χ3n) is 1.83. The molecule has 3 N–H and O–H groups in total. The largest absolute Gasteiger partial charge is 0.399 e. The molecule has 6 nitrogen and oxygen atoms in total. The lowest BCUT2D eigenvalue weighted by molar-refractivity contribution is 0.101. The molecule has 0 atom stereocenters. The number of benzene rings is 1. The number of anilines is 1. The zero-order valence-corrected chi connectivity index (χ0v) is 9.21. The van der Waals surface area contributed by atoms with Gasteiger partial charge in [-0.2, -0.15) is 8.42 Å². The Balaban J connectivity index is 3.58. The second-order valence-electron chi connectivity index (χ2n) is 2.99. The number of rotatable bonds is 3. The number of carbonyl (C=O) groups is 1. The van der Waals surface area contributed by atoms with Crippen molar-refractivity contribution >= 4 is 27.5 Å². The van der Waals surface area contributed by atoms with Crippen LogP contribution in [0.3, 0.4) is 0 Å². The van der Waals surface area contributed by atoms with Gasteiger partial charge in [-0.3, -0.25) is 4.79 Å². The summed E-state index contributed by atoms with van der Waals surface area (Å²) in [6.07, 6.45) is 0. The number of sulfonamides is 1. The van der Waals surface area contributed by atoms with Crippen molar-refractivity contribution in [3.63, 3.8) is 0 Å². The summed E-state index contributed by atoms with van der Waals surface area (Å²) >= 11 is 0. The van der Waals surface area contributed by atoms with E-state index in [1.807, 2.05) is 0 Å². The number of nitrogen functional groups attached to an aromatic ring is 1. The van der Waals surface area contributed by atoms with E-state index in [-0.39, 0.29) is 16.1 Å². The first-order valence-electron chi connectivity index (χ1n) is 4.17. The van der Waals surface area contributed by atoms with Crippen LogP contribution in [0, 0.1) is 5.41 Å². The Hall–Kier alpha value is -1.98. The maximum absolute atomic E-state index is 11.5. The van der Waals surface area contributed by atoms with Crippen LogP contribution in [0.2, 0.25) is 0 Å². The maximum Gasteiger partial charge on any atom is 0.292 e. The van der Waals surface area contributed by atoms with E-state index in [0.29, 0.717) is 0 Å². The molecule has 84 valence electrons. The molecule has 0 aliphatic heterocycles. The van der Waals surface area contributed by atoms with Gasteiger partial charge in [-0.1, -0.05) is 4.40 Å². The number of hydrogen-bond acceptors (Lipinski definition) is 5. The molecule has 16 heavy (non-hydrogen) atoms. The smallest absolute Gasteiger partial charge is 0.292 e. The van der Waals surface area contributed by atoms with E-state index in [1.54, 1.807) is 0 Å². The average Bonchev–Trinajstić information content (AvgIpc) is 2.16. The minimum absolute atomic E-state index is 0.0426. The van der Waals surface area contributed by atoms with Crippen molar-refractivity contribution in [1.29, 1.82) is 5.41 Å². The fourth-order valence-corrected chi connectivity index (χ4v) is 2.10. The normalized spacial score (nSPS) is 10.6. The first-order chi connectivity index (χ1) is 7.38. The predicted octanol–water partition coefficient (Wildman–Crippen LogP) is 0.913. The van der Waals surface area contributed by atoms with Crippen LogP contribution < -0.4 is 5.73 Å². The van der Waals surface area contributed by atoms with Gasteiger partial charge >= 0.3 is 0 Å². The van der Waals surface area contributed by atoms with Gasteiger partial charge < -0.3 is 5.73 Å². The van der Waals surface area contributed by atoms with Crippen LogP contribution in [0.25, 0.3) is 0 Å². The number of nitrogens with zero attached hydrogens (tertiary/aromatic N) is 1. The molecule has 1 aromatic rings. The SMILES string of the molecule is CC(=O)c1cc(N)ccc1S(=O)(=O)N=C=N. The number of nitrogens with one attached hydrogen (secondary N) is 1. The van der Waals surface area contributed by atoms with Crippen LogP contribution in [0.5, 0.6) is 0 Å². The van der Waals surface area contributed by atoms with Crippen LogP contribution in [0.4, 0.5) is 5.69 Å². The number of nitrogens with two attached hydrogens (primary N) is 1. The summed E-state index contributed by atoms with van der Waals surface area (Å²) in [5.74, 6) is -0.439. The monoisotopic (exact) mass is 239 g/mol. The Bertz CT molecular complexity index is 586. The molecule has 0 saturated carbocycles. The molecule has 0 bridgehead atoms. The fourth-order valence-electron chi connectivity index (χ4n) is 1.16. The molecule has 0 fully saturated rings. The Labute approximate surface area is 92.4 Å². The van der Waals surface area contributed by atoms with Gasteiger partial charge in [-0.05, 0) is 25.1 Å². The molecule has 7 heteroatoms. The average molecular weight is 239 g/mol. The van der Waals surface area contributed by atoms with Crippen molar-refractivity contribution in [2.75, 3.05) is 5.73 Å². The highest BCUT2D eigenvalue weighted by atomic mass is 32.2. The second-order valence-corrected chi connectivity index (χ2v) is 4.56. The number of carbonyl (C=O) groups excluding carboxylic acids is 1. The molecule has 0 spiro atoms. The predicted molar refractivity (Wildman–Crippen MR) is 58.2 cm³/mol. The van der Waals surface area contributed by atoms with Crippen molar-refractivity contribution in [1.82, 2.24) is 0 Å². The molecule has 1 aromatic carbocycles. The highest BCUT2D eigenvalue weighted by Crippen LogP contribution is 2.21. The third kappa shape index (κ3) is 2.33. The number of hydrogen-bond donors (Lipinski definition) is 2. The van der Waals surface area contributed by atoms with Gasteiger partial charge in [-0.15, -0.1) is 0 Å². The first-order valence-corrected chi connectivity index (χ1v) is 5.61. The molecule has 0 aliphatic rings. The lowest BCUT2D eigenvalue weighted by atomic mass is 10.1. The number of Topliss-reactive ketones (excluding diaryl/α,β-unsaturated/α-hetero) is 1. The molecular formula is C9H9N3O3S. The van der Waals surface area contributed by atoms with E-state index in [2.05, 4.69) is 4.40 Å². The van der Waals surface area contributed by atoms with E-state index < -0.39 is 15.8 Å². The van der Waals surface area contributed by atoms with Gasteiger partial charge in [0.15, 0.2) is 5.78 Å². The maximum atomic E-state index is 11.5. The standard InChI is InChI=1S/C9H9N3O3S/c1-6(13)8-4-7(11)2-3-9(8)16(14,15)12-5-10/h2-4,10H,11H2,1H3. The Morgan fingerprint density at radius 1 is 1.50 bits per heavy atom. The van der Waals surface area contributed by atoms with Crippen LogP contribution in [-0.4, -0.2) is 20.2 Å². The third-order valence-corrected chi connectivity index (χ3v) is 3.07. The molecule has 0 heterocycles. The summed E-state index contributed by atoms with van der Waals surface area (Å²) in [7, 11) is -4.05. The molecule has 0 unspecified atom stereocenters. The minimum atomic E-state index is -4.05.